The van der Waals surface area contributed by atoms with Gasteiger partial charge in [0.25, 0.3) is 0 Å². The molecular weight excluding hydrogens is 288 g/mol. The molecule has 0 spiro atoms. The molecule has 1 heterocycles. The fourth-order valence-corrected chi connectivity index (χ4v) is 2.39. The van der Waals surface area contributed by atoms with Crippen LogP contribution in [-0.4, -0.2) is 11.0 Å². The molecule has 0 saturated carbocycles. The van der Waals surface area contributed by atoms with E-state index in [9.17, 15) is 0 Å². The summed E-state index contributed by atoms with van der Waals surface area (Å²) in [6.07, 6.45) is 7.75. The maximum Gasteiger partial charge on any atom is 0.244 e. The van der Waals surface area contributed by atoms with Gasteiger partial charge in [0.2, 0.25) is 6.33 Å². The lowest BCUT2D eigenvalue weighted by molar-refractivity contribution is -0.688. The van der Waals surface area contributed by atoms with E-state index in [0.29, 0.717) is 0 Å². The van der Waals surface area contributed by atoms with E-state index in [-0.39, 0.29) is 11.0 Å². The first-order valence-electron chi connectivity index (χ1n) is 7.95. The van der Waals surface area contributed by atoms with Crippen molar-refractivity contribution in [2.75, 3.05) is 0 Å². The Labute approximate surface area is 139 Å². The zero-order valence-electron chi connectivity index (χ0n) is 14.8. The molecule has 0 aliphatic heterocycles. The number of imidazole rings is 1. The maximum atomic E-state index is 8.25. The second kappa shape index (κ2) is 7.95. The van der Waals surface area contributed by atoms with E-state index < -0.39 is 6.47 Å². The molecule has 4 nitrogen and oxygen atoms in total. The van der Waals surface area contributed by atoms with Gasteiger partial charge in [-0.1, -0.05) is 51.1 Å². The monoisotopic (exact) mass is 316 g/mol. The topological polar surface area (TPSA) is 48.9 Å². The summed E-state index contributed by atoms with van der Waals surface area (Å²) in [7, 11) is 0. The van der Waals surface area contributed by atoms with Crippen molar-refractivity contribution in [2.45, 2.75) is 53.1 Å². The van der Waals surface area contributed by atoms with Gasteiger partial charge in [-0.05, 0) is 25.8 Å². The highest BCUT2D eigenvalue weighted by molar-refractivity contribution is 5.29. The molecule has 4 heteroatoms. The highest BCUT2D eigenvalue weighted by Crippen LogP contribution is 2.39. The van der Waals surface area contributed by atoms with Crippen LogP contribution < -0.4 is 9.67 Å². The molecule has 0 aliphatic rings. The van der Waals surface area contributed by atoms with E-state index in [1.54, 1.807) is 0 Å². The SMILES string of the molecule is CCC(C)(C)C(C)(C)n1cc[n+](Cc2ccccc2)c1.O=C[O-]. The van der Waals surface area contributed by atoms with Gasteiger partial charge in [0.05, 0.1) is 0 Å². The highest BCUT2D eigenvalue weighted by atomic mass is 16.3. The fourth-order valence-electron chi connectivity index (χ4n) is 2.39. The van der Waals surface area contributed by atoms with Crippen LogP contribution in [0, 0.1) is 5.41 Å². The van der Waals surface area contributed by atoms with Crippen molar-refractivity contribution in [3.8, 4) is 0 Å². The molecule has 0 radical (unpaired) electrons. The lowest BCUT2D eigenvalue weighted by Crippen LogP contribution is -2.42. The predicted octanol–water partition coefficient (Wildman–Crippen LogP) is 2.36. The molecule has 2 aromatic rings. The van der Waals surface area contributed by atoms with E-state index in [2.05, 4.69) is 92.8 Å². The summed E-state index contributed by atoms with van der Waals surface area (Å²) in [5.74, 6) is 0. The Morgan fingerprint density at radius 1 is 1.17 bits per heavy atom. The number of nitrogens with zero attached hydrogens (tertiary/aromatic N) is 2. The summed E-state index contributed by atoms with van der Waals surface area (Å²) in [6.45, 7) is 12.0. The third kappa shape index (κ3) is 4.68. The molecule has 23 heavy (non-hydrogen) atoms. The van der Waals surface area contributed by atoms with Gasteiger partial charge in [0.15, 0.2) is 0 Å². The number of carbonyl (C=O) groups is 1. The molecule has 0 unspecified atom stereocenters. The standard InChI is InChI=1S/C18H27N2.CH2O2/c1-6-17(2,3)18(4,5)20-13-12-19(15-20)14-16-10-8-7-9-11-16;2-1-3/h7-13,15H,6,14H2,1-5H3;1H,(H,2,3)/q+1;/p-1. The minimum absolute atomic E-state index is 0.101. The van der Waals surface area contributed by atoms with Crippen molar-refractivity contribution in [1.29, 1.82) is 0 Å². The second-order valence-electron chi connectivity index (χ2n) is 6.87. The summed E-state index contributed by atoms with van der Waals surface area (Å²) >= 11 is 0. The van der Waals surface area contributed by atoms with E-state index in [0.717, 1.165) is 13.0 Å². The molecule has 0 aliphatic carbocycles. The minimum Gasteiger partial charge on any atom is -0.554 e. The van der Waals surface area contributed by atoms with Gasteiger partial charge in [0.1, 0.15) is 24.5 Å². The molecule has 0 amide bonds. The number of carboxylic acid groups (broad SMARTS) is 1. The zero-order valence-corrected chi connectivity index (χ0v) is 14.8. The fraction of sp³-hybridized carbons (Fsp3) is 0.474. The predicted molar refractivity (Wildman–Crippen MR) is 89.6 cm³/mol. The largest absolute Gasteiger partial charge is 0.554 e. The Hall–Kier alpha value is -2.10. The van der Waals surface area contributed by atoms with Crippen molar-refractivity contribution < 1.29 is 14.5 Å². The van der Waals surface area contributed by atoms with E-state index in [1.165, 1.54) is 5.56 Å². The van der Waals surface area contributed by atoms with E-state index in [1.807, 2.05) is 0 Å². The van der Waals surface area contributed by atoms with Crippen LogP contribution in [0.2, 0.25) is 0 Å². The third-order valence-corrected chi connectivity index (χ3v) is 5.09. The highest BCUT2D eigenvalue weighted by Gasteiger charge is 2.41. The zero-order chi connectivity index (χ0) is 17.5. The van der Waals surface area contributed by atoms with Crippen molar-refractivity contribution in [2.24, 2.45) is 5.41 Å². The van der Waals surface area contributed by atoms with Crippen LogP contribution in [0.5, 0.6) is 0 Å². The van der Waals surface area contributed by atoms with Gasteiger partial charge >= 0.3 is 0 Å². The quantitative estimate of drug-likeness (QED) is 0.628. The summed E-state index contributed by atoms with van der Waals surface area (Å²) < 4.78 is 4.60. The summed E-state index contributed by atoms with van der Waals surface area (Å²) in [5.41, 5.74) is 1.70. The molecule has 1 aromatic carbocycles. The number of hydrogen-bond acceptors (Lipinski definition) is 2. The number of carbonyl (C=O) groups excluding carboxylic acids is 1. The first-order chi connectivity index (χ1) is 10.8. The Bertz CT molecular complexity index is 601. The molecule has 0 saturated heterocycles. The first kappa shape index (κ1) is 18.9. The molecule has 126 valence electrons. The molecule has 0 fully saturated rings. The first-order valence-corrected chi connectivity index (χ1v) is 7.95. The minimum atomic E-state index is -0.500. The van der Waals surface area contributed by atoms with Crippen LogP contribution in [-0.2, 0) is 16.9 Å². The second-order valence-corrected chi connectivity index (χ2v) is 6.87. The van der Waals surface area contributed by atoms with Crippen LogP contribution in [0.4, 0.5) is 0 Å². The Balaban J connectivity index is 0.000000816. The lowest BCUT2D eigenvalue weighted by atomic mass is 9.72. The van der Waals surface area contributed by atoms with Gasteiger partial charge in [-0.3, -0.25) is 0 Å². The van der Waals surface area contributed by atoms with E-state index in [4.69, 9.17) is 9.90 Å². The van der Waals surface area contributed by atoms with Gasteiger partial charge < -0.3 is 9.90 Å². The van der Waals surface area contributed by atoms with Crippen LogP contribution in [0.15, 0.2) is 49.1 Å². The van der Waals surface area contributed by atoms with Crippen LogP contribution in [0.25, 0.3) is 0 Å². The van der Waals surface area contributed by atoms with Crippen molar-refractivity contribution in [1.82, 2.24) is 4.57 Å². The molecule has 0 atom stereocenters. The smallest absolute Gasteiger partial charge is 0.244 e. The van der Waals surface area contributed by atoms with Crippen LogP contribution in [0.1, 0.15) is 46.6 Å². The molecular formula is C19H28N2O2. The number of benzene rings is 1. The average Bonchev–Trinajstić information content (AvgIpc) is 2.98. The van der Waals surface area contributed by atoms with Crippen LogP contribution >= 0.6 is 0 Å². The molecule has 2 rings (SSSR count). The van der Waals surface area contributed by atoms with Gasteiger partial charge in [0, 0.05) is 11.9 Å². The van der Waals surface area contributed by atoms with Crippen molar-refractivity contribution >= 4 is 6.47 Å². The van der Waals surface area contributed by atoms with Gasteiger partial charge in [-0.25, -0.2) is 9.13 Å². The summed E-state index contributed by atoms with van der Waals surface area (Å²) in [6, 6.07) is 10.6. The van der Waals surface area contributed by atoms with Crippen molar-refractivity contribution in [3.63, 3.8) is 0 Å². The Kier molecular flexibility index (Phi) is 6.55. The van der Waals surface area contributed by atoms with E-state index >= 15 is 0 Å². The molecule has 1 aromatic heterocycles. The van der Waals surface area contributed by atoms with Gasteiger partial charge in [-0.15, -0.1) is 0 Å². The maximum absolute atomic E-state index is 8.25. The van der Waals surface area contributed by atoms with Crippen LogP contribution in [0.3, 0.4) is 0 Å². The lowest BCUT2D eigenvalue weighted by Gasteiger charge is -2.38. The molecule has 0 N–H and O–H groups in total. The average molecular weight is 316 g/mol. The summed E-state index contributed by atoms with van der Waals surface area (Å²) in [4.78, 5) is 8.25. The third-order valence-electron chi connectivity index (χ3n) is 5.09. The number of rotatable bonds is 5. The van der Waals surface area contributed by atoms with Gasteiger partial charge in [-0.2, -0.15) is 0 Å². The summed E-state index contributed by atoms with van der Waals surface area (Å²) in [5, 5.41) is 8.25. The molecule has 0 bridgehead atoms. The Morgan fingerprint density at radius 2 is 1.74 bits per heavy atom. The normalized spacial score (nSPS) is 11.5. The number of aromatic nitrogens is 2. The van der Waals surface area contributed by atoms with Crippen molar-refractivity contribution in [3.05, 3.63) is 54.6 Å². The number of hydrogen-bond donors (Lipinski definition) is 0. The Morgan fingerprint density at radius 3 is 2.26 bits per heavy atom.